The maximum absolute atomic E-state index is 12.4. The van der Waals surface area contributed by atoms with Gasteiger partial charge in [0.1, 0.15) is 12.0 Å². The van der Waals surface area contributed by atoms with Gasteiger partial charge in [0.15, 0.2) is 5.69 Å². The van der Waals surface area contributed by atoms with Gasteiger partial charge >= 0.3 is 0 Å². The van der Waals surface area contributed by atoms with Crippen LogP contribution in [-0.4, -0.2) is 32.8 Å². The largest absolute Gasteiger partial charge is 0.501 e. The Morgan fingerprint density at radius 2 is 2.15 bits per heavy atom. The molecule has 0 aliphatic rings. The number of nitrogens with one attached hydrogen (secondary N) is 1. The van der Waals surface area contributed by atoms with Gasteiger partial charge < -0.3 is 19.8 Å². The summed E-state index contributed by atoms with van der Waals surface area (Å²) in [5, 5.41) is 16.6. The lowest BCUT2D eigenvalue weighted by Gasteiger charge is -2.22. The van der Waals surface area contributed by atoms with Crippen molar-refractivity contribution < 1.29 is 14.4 Å². The van der Waals surface area contributed by atoms with Crippen LogP contribution in [0.5, 0.6) is 5.75 Å². The molecule has 0 radical (unpaired) electrons. The Balaban J connectivity index is 1.95. The maximum atomic E-state index is 12.4. The fourth-order valence-corrected chi connectivity index (χ4v) is 2.68. The summed E-state index contributed by atoms with van der Waals surface area (Å²) in [6, 6.07) is 7.26. The van der Waals surface area contributed by atoms with Crippen LogP contribution in [-0.2, 0) is 13.6 Å². The molecule has 1 aromatic carbocycles. The van der Waals surface area contributed by atoms with E-state index in [2.05, 4.69) is 20.0 Å². The molecule has 0 bridgehead atoms. The number of rotatable bonds is 5. The van der Waals surface area contributed by atoms with Gasteiger partial charge in [-0.1, -0.05) is 35.0 Å². The average Bonchev–Trinajstić information content (AvgIpc) is 3.14. The van der Waals surface area contributed by atoms with E-state index >= 15 is 0 Å². The molecule has 0 fully saturated rings. The fourth-order valence-electron chi connectivity index (χ4n) is 2.49. The first-order chi connectivity index (χ1) is 12.9. The van der Waals surface area contributed by atoms with Crippen molar-refractivity contribution in [2.45, 2.75) is 6.54 Å². The average molecular weight is 390 g/mol. The molecule has 0 saturated carbocycles. The summed E-state index contributed by atoms with van der Waals surface area (Å²) in [6.45, 7) is 0.345. The van der Waals surface area contributed by atoms with Crippen molar-refractivity contribution in [3.8, 4) is 5.75 Å². The monoisotopic (exact) mass is 389 g/mol. The fraction of sp³-hybridized carbons (Fsp3) is 0.176. The highest BCUT2D eigenvalue weighted by atomic mass is 35.5. The molecule has 0 atom stereocenters. The van der Waals surface area contributed by atoms with E-state index in [4.69, 9.17) is 11.6 Å². The lowest BCUT2D eigenvalue weighted by molar-refractivity contribution is 0.101. The predicted octanol–water partition coefficient (Wildman–Crippen LogP) is 2.02. The number of carbonyl (C=O) groups is 1. The summed E-state index contributed by atoms with van der Waals surface area (Å²) in [5.74, 6) is -1.32. The third-order valence-corrected chi connectivity index (χ3v) is 4.22. The van der Waals surface area contributed by atoms with Gasteiger partial charge in [0.05, 0.1) is 6.20 Å². The topological polar surface area (TPSA) is 113 Å². The van der Waals surface area contributed by atoms with E-state index in [1.807, 2.05) is 18.2 Å². The number of nitrogens with zero attached hydrogens (tertiary/aromatic N) is 4. The normalized spacial score (nSPS) is 10.6. The Bertz CT molecular complexity index is 1030. The summed E-state index contributed by atoms with van der Waals surface area (Å²) in [5.41, 5.74) is -0.0610. The third-order valence-electron chi connectivity index (χ3n) is 3.86. The van der Waals surface area contributed by atoms with Crippen LogP contribution in [0.15, 0.2) is 46.0 Å². The van der Waals surface area contributed by atoms with Crippen molar-refractivity contribution >= 4 is 29.1 Å². The molecule has 9 nitrogen and oxygen atoms in total. The van der Waals surface area contributed by atoms with Crippen LogP contribution in [0.1, 0.15) is 16.1 Å². The molecule has 3 rings (SSSR count). The van der Waals surface area contributed by atoms with E-state index in [1.165, 1.54) is 19.5 Å². The van der Waals surface area contributed by atoms with Crippen molar-refractivity contribution in [1.29, 1.82) is 0 Å². The van der Waals surface area contributed by atoms with Gasteiger partial charge in [-0.3, -0.25) is 14.2 Å². The Kier molecular flexibility index (Phi) is 5.13. The summed E-state index contributed by atoms with van der Waals surface area (Å²) in [4.78, 5) is 30.6. The highest BCUT2D eigenvalue weighted by Crippen LogP contribution is 2.21. The first kappa shape index (κ1) is 18.5. The Morgan fingerprint density at radius 1 is 1.41 bits per heavy atom. The second kappa shape index (κ2) is 7.50. The minimum Gasteiger partial charge on any atom is -0.501 e. The summed E-state index contributed by atoms with van der Waals surface area (Å²) in [7, 11) is 3.15. The molecule has 3 aromatic rings. The smallest absolute Gasteiger partial charge is 0.297 e. The molecular weight excluding hydrogens is 374 g/mol. The first-order valence-corrected chi connectivity index (χ1v) is 8.21. The van der Waals surface area contributed by atoms with Crippen LogP contribution in [0, 0.1) is 0 Å². The maximum Gasteiger partial charge on any atom is 0.297 e. The molecule has 2 heterocycles. The van der Waals surface area contributed by atoms with Crippen LogP contribution >= 0.6 is 11.6 Å². The molecule has 0 aliphatic carbocycles. The number of aromatic hydroxyl groups is 1. The van der Waals surface area contributed by atoms with E-state index in [1.54, 1.807) is 18.0 Å². The number of amides is 1. The second-order valence-electron chi connectivity index (χ2n) is 5.79. The molecule has 0 spiro atoms. The standard InChI is InChI=1S/C17H16ClN5O4/c1-22(8-10-5-3-4-6-12(10)18)17-21-13(14(24)16(26)23(17)2)15(25)20-11-7-19-27-9-11/h3-7,9,24H,8H2,1-2H3,(H,20,25). The Labute approximate surface area is 158 Å². The molecule has 0 unspecified atom stereocenters. The lowest BCUT2D eigenvalue weighted by atomic mass is 10.2. The quantitative estimate of drug-likeness (QED) is 0.686. The van der Waals surface area contributed by atoms with Gasteiger partial charge in [0.2, 0.25) is 11.7 Å². The number of halogens is 1. The zero-order valence-electron chi connectivity index (χ0n) is 14.5. The van der Waals surface area contributed by atoms with Crippen LogP contribution in [0.2, 0.25) is 5.02 Å². The molecular formula is C17H16ClN5O4. The van der Waals surface area contributed by atoms with Gasteiger partial charge in [-0.05, 0) is 11.6 Å². The van der Waals surface area contributed by atoms with Gasteiger partial charge in [0, 0.05) is 25.7 Å². The van der Waals surface area contributed by atoms with Gasteiger partial charge in [-0.2, -0.15) is 0 Å². The highest BCUT2D eigenvalue weighted by molar-refractivity contribution is 6.31. The number of hydrogen-bond donors (Lipinski definition) is 2. The van der Waals surface area contributed by atoms with Gasteiger partial charge in [0.25, 0.3) is 11.5 Å². The summed E-state index contributed by atoms with van der Waals surface area (Å²) < 4.78 is 5.78. The number of carbonyl (C=O) groups excluding carboxylic acids is 1. The van der Waals surface area contributed by atoms with Crippen LogP contribution in [0.3, 0.4) is 0 Å². The van der Waals surface area contributed by atoms with Crippen LogP contribution in [0.4, 0.5) is 11.6 Å². The first-order valence-electron chi connectivity index (χ1n) is 7.83. The summed E-state index contributed by atoms with van der Waals surface area (Å²) in [6.07, 6.45) is 2.49. The minimum atomic E-state index is -0.763. The SMILES string of the molecule is CN(Cc1ccccc1Cl)c1nc(C(=O)Nc2cnoc2)c(O)c(=O)n1C. The van der Waals surface area contributed by atoms with Crippen molar-refractivity contribution in [3.63, 3.8) is 0 Å². The van der Waals surface area contributed by atoms with E-state index < -0.39 is 22.9 Å². The van der Waals surface area contributed by atoms with Gasteiger partial charge in [-0.25, -0.2) is 4.98 Å². The molecule has 0 saturated heterocycles. The van der Waals surface area contributed by atoms with Gasteiger partial charge in [-0.15, -0.1) is 0 Å². The van der Waals surface area contributed by atoms with E-state index in [-0.39, 0.29) is 11.6 Å². The molecule has 140 valence electrons. The molecule has 1 amide bonds. The zero-order chi connectivity index (χ0) is 19.6. The third kappa shape index (κ3) is 3.77. The minimum absolute atomic E-state index is 0.188. The van der Waals surface area contributed by atoms with Crippen molar-refractivity contribution in [2.75, 3.05) is 17.3 Å². The highest BCUT2D eigenvalue weighted by Gasteiger charge is 2.22. The van der Waals surface area contributed by atoms with E-state index in [9.17, 15) is 14.7 Å². The van der Waals surface area contributed by atoms with Crippen molar-refractivity contribution in [1.82, 2.24) is 14.7 Å². The van der Waals surface area contributed by atoms with Crippen LogP contribution in [0.25, 0.3) is 0 Å². The predicted molar refractivity (Wildman–Crippen MR) is 99.2 cm³/mol. The summed E-state index contributed by atoms with van der Waals surface area (Å²) >= 11 is 6.18. The molecule has 10 heteroatoms. The zero-order valence-corrected chi connectivity index (χ0v) is 15.3. The number of benzene rings is 1. The number of hydrogen-bond acceptors (Lipinski definition) is 7. The molecule has 0 aliphatic heterocycles. The van der Waals surface area contributed by atoms with Crippen LogP contribution < -0.4 is 15.8 Å². The number of anilines is 2. The second-order valence-corrected chi connectivity index (χ2v) is 6.20. The lowest BCUT2D eigenvalue weighted by Crippen LogP contribution is -2.31. The van der Waals surface area contributed by atoms with Crippen molar-refractivity contribution in [3.05, 3.63) is 63.4 Å². The Hall–Kier alpha value is -3.33. The van der Waals surface area contributed by atoms with E-state index in [0.717, 1.165) is 10.1 Å². The molecule has 2 N–H and O–H groups in total. The Morgan fingerprint density at radius 3 is 2.81 bits per heavy atom. The molecule has 2 aromatic heterocycles. The molecule has 27 heavy (non-hydrogen) atoms. The number of aromatic nitrogens is 3. The van der Waals surface area contributed by atoms with E-state index in [0.29, 0.717) is 11.6 Å². The van der Waals surface area contributed by atoms with Crippen molar-refractivity contribution in [2.24, 2.45) is 7.05 Å².